The van der Waals surface area contributed by atoms with E-state index in [1.165, 1.54) is 0 Å². The van der Waals surface area contributed by atoms with Crippen LogP contribution in [0.5, 0.6) is 5.75 Å². The van der Waals surface area contributed by atoms with Gasteiger partial charge in [0.1, 0.15) is 11.9 Å². The molecule has 0 saturated carbocycles. The Morgan fingerprint density at radius 3 is 2.52 bits per heavy atom. The lowest BCUT2D eigenvalue weighted by atomic mass is 10.00. The van der Waals surface area contributed by atoms with Crippen LogP contribution in [0.25, 0.3) is 0 Å². The van der Waals surface area contributed by atoms with Crippen LogP contribution in [0.4, 0.5) is 5.69 Å². The SMILES string of the molecule is CCC(C)N1C(=O)c2ccccc2NC1c1ccccc1OCCC(C)C. The minimum atomic E-state index is -0.238. The smallest absolute Gasteiger partial charge is 0.258 e. The predicted molar refractivity (Wildman–Crippen MR) is 110 cm³/mol. The third-order valence-corrected chi connectivity index (χ3v) is 5.19. The fraction of sp³-hybridized carbons (Fsp3) is 0.435. The molecule has 4 heteroatoms. The first-order chi connectivity index (χ1) is 13.0. The van der Waals surface area contributed by atoms with Gasteiger partial charge in [-0.2, -0.15) is 0 Å². The van der Waals surface area contributed by atoms with Gasteiger partial charge in [0.2, 0.25) is 0 Å². The summed E-state index contributed by atoms with van der Waals surface area (Å²) in [5, 5.41) is 3.57. The Morgan fingerprint density at radius 2 is 1.78 bits per heavy atom. The second-order valence-corrected chi connectivity index (χ2v) is 7.63. The molecule has 2 aromatic carbocycles. The average molecular weight is 367 g/mol. The zero-order valence-corrected chi connectivity index (χ0v) is 16.7. The van der Waals surface area contributed by atoms with E-state index in [0.29, 0.717) is 12.5 Å². The standard InChI is InChI=1S/C23H30N2O2/c1-5-17(4)25-22(24-20-12-8-6-10-18(20)23(25)26)19-11-7-9-13-21(19)27-15-14-16(2)3/h6-13,16-17,22,24H,5,14-15H2,1-4H3. The van der Waals surface area contributed by atoms with E-state index in [1.807, 2.05) is 47.4 Å². The van der Waals surface area contributed by atoms with Gasteiger partial charge in [-0.15, -0.1) is 0 Å². The predicted octanol–water partition coefficient (Wildman–Crippen LogP) is 5.48. The Labute approximate surface area is 162 Å². The fourth-order valence-corrected chi connectivity index (χ4v) is 3.39. The molecule has 2 atom stereocenters. The number of carbonyl (C=O) groups excluding carboxylic acids is 1. The number of nitrogens with one attached hydrogen (secondary N) is 1. The molecule has 3 rings (SSSR count). The van der Waals surface area contributed by atoms with Crippen LogP contribution >= 0.6 is 0 Å². The Bertz CT molecular complexity index is 787. The van der Waals surface area contributed by atoms with E-state index in [0.717, 1.165) is 35.4 Å². The highest BCUT2D eigenvalue weighted by atomic mass is 16.5. The quantitative estimate of drug-likeness (QED) is 0.706. The molecule has 2 unspecified atom stereocenters. The van der Waals surface area contributed by atoms with Crippen LogP contribution in [0.1, 0.15) is 62.6 Å². The van der Waals surface area contributed by atoms with Crippen molar-refractivity contribution >= 4 is 11.6 Å². The first-order valence-electron chi connectivity index (χ1n) is 9.92. The lowest BCUT2D eigenvalue weighted by Gasteiger charge is -2.42. The first kappa shape index (κ1) is 19.3. The Morgan fingerprint density at radius 1 is 1.07 bits per heavy atom. The molecule has 27 heavy (non-hydrogen) atoms. The van der Waals surface area contributed by atoms with Crippen molar-refractivity contribution < 1.29 is 9.53 Å². The Hall–Kier alpha value is -2.49. The van der Waals surface area contributed by atoms with Gasteiger partial charge in [-0.3, -0.25) is 4.79 Å². The van der Waals surface area contributed by atoms with Crippen LogP contribution in [0.15, 0.2) is 48.5 Å². The summed E-state index contributed by atoms with van der Waals surface area (Å²) >= 11 is 0. The van der Waals surface area contributed by atoms with E-state index in [1.54, 1.807) is 0 Å². The van der Waals surface area contributed by atoms with E-state index in [4.69, 9.17) is 4.74 Å². The number of benzene rings is 2. The fourth-order valence-electron chi connectivity index (χ4n) is 3.39. The summed E-state index contributed by atoms with van der Waals surface area (Å²) in [6.07, 6.45) is 1.66. The van der Waals surface area contributed by atoms with Crippen LogP contribution in [-0.4, -0.2) is 23.5 Å². The molecule has 1 N–H and O–H groups in total. The number of hydrogen-bond donors (Lipinski definition) is 1. The summed E-state index contributed by atoms with van der Waals surface area (Å²) in [6.45, 7) is 9.27. The number of carbonyl (C=O) groups is 1. The van der Waals surface area contributed by atoms with Crippen molar-refractivity contribution in [2.45, 2.75) is 52.7 Å². The maximum Gasteiger partial charge on any atom is 0.258 e. The molecule has 4 nitrogen and oxygen atoms in total. The summed E-state index contributed by atoms with van der Waals surface area (Å²) in [5.74, 6) is 1.51. The number of ether oxygens (including phenoxy) is 1. The minimum absolute atomic E-state index is 0.0701. The molecular weight excluding hydrogens is 336 g/mol. The van der Waals surface area contributed by atoms with Crippen molar-refractivity contribution in [3.05, 3.63) is 59.7 Å². The molecule has 0 aliphatic carbocycles. The molecule has 0 fully saturated rings. The largest absolute Gasteiger partial charge is 0.493 e. The van der Waals surface area contributed by atoms with Crippen LogP contribution in [0.3, 0.4) is 0 Å². The summed E-state index contributed by atoms with van der Waals surface area (Å²) in [7, 11) is 0. The molecule has 0 aromatic heterocycles. The average Bonchev–Trinajstić information content (AvgIpc) is 2.67. The zero-order chi connectivity index (χ0) is 19.4. The van der Waals surface area contributed by atoms with Gasteiger partial charge in [0, 0.05) is 17.3 Å². The lowest BCUT2D eigenvalue weighted by molar-refractivity contribution is 0.0590. The van der Waals surface area contributed by atoms with Crippen molar-refractivity contribution in [2.24, 2.45) is 5.92 Å². The molecule has 1 amide bonds. The van der Waals surface area contributed by atoms with E-state index >= 15 is 0 Å². The van der Waals surface area contributed by atoms with Gasteiger partial charge in [-0.05, 0) is 43.9 Å². The molecule has 0 saturated heterocycles. The molecule has 0 spiro atoms. The molecule has 0 bridgehead atoms. The monoisotopic (exact) mass is 366 g/mol. The number of fused-ring (bicyclic) bond motifs is 1. The van der Waals surface area contributed by atoms with Gasteiger partial charge >= 0.3 is 0 Å². The highest BCUT2D eigenvalue weighted by molar-refractivity contribution is 6.02. The summed E-state index contributed by atoms with van der Waals surface area (Å²) in [6, 6.07) is 15.9. The van der Waals surface area contributed by atoms with Crippen molar-refractivity contribution in [1.29, 1.82) is 0 Å². The molecule has 144 valence electrons. The van der Waals surface area contributed by atoms with Crippen LogP contribution in [-0.2, 0) is 0 Å². The molecule has 2 aromatic rings. The van der Waals surface area contributed by atoms with E-state index in [2.05, 4.69) is 39.1 Å². The van der Waals surface area contributed by atoms with Crippen LogP contribution < -0.4 is 10.1 Å². The summed E-state index contributed by atoms with van der Waals surface area (Å²) in [4.78, 5) is 15.2. The summed E-state index contributed by atoms with van der Waals surface area (Å²) < 4.78 is 6.11. The normalized spacial score (nSPS) is 17.4. The Kier molecular flexibility index (Phi) is 6.04. The van der Waals surface area contributed by atoms with Crippen LogP contribution in [0, 0.1) is 5.92 Å². The van der Waals surface area contributed by atoms with Crippen molar-refractivity contribution in [3.8, 4) is 5.75 Å². The number of para-hydroxylation sites is 2. The molecule has 1 aliphatic heterocycles. The second kappa shape index (κ2) is 8.47. The van der Waals surface area contributed by atoms with Gasteiger partial charge in [-0.1, -0.05) is 51.1 Å². The number of anilines is 1. The van der Waals surface area contributed by atoms with E-state index in [-0.39, 0.29) is 18.1 Å². The van der Waals surface area contributed by atoms with Crippen molar-refractivity contribution in [2.75, 3.05) is 11.9 Å². The van der Waals surface area contributed by atoms with Gasteiger partial charge < -0.3 is 15.0 Å². The highest BCUT2D eigenvalue weighted by Gasteiger charge is 2.36. The third kappa shape index (κ3) is 4.10. The van der Waals surface area contributed by atoms with E-state index < -0.39 is 0 Å². The molecule has 0 radical (unpaired) electrons. The van der Waals surface area contributed by atoms with E-state index in [9.17, 15) is 4.79 Å². The van der Waals surface area contributed by atoms with Gasteiger partial charge in [0.25, 0.3) is 5.91 Å². The van der Waals surface area contributed by atoms with Gasteiger partial charge in [0.15, 0.2) is 0 Å². The van der Waals surface area contributed by atoms with Crippen LogP contribution in [0.2, 0.25) is 0 Å². The molecular formula is C23H30N2O2. The number of amides is 1. The number of hydrogen-bond acceptors (Lipinski definition) is 3. The van der Waals surface area contributed by atoms with Crippen molar-refractivity contribution in [1.82, 2.24) is 4.90 Å². The third-order valence-electron chi connectivity index (χ3n) is 5.19. The Balaban J connectivity index is 1.97. The maximum absolute atomic E-state index is 13.3. The zero-order valence-electron chi connectivity index (χ0n) is 16.7. The van der Waals surface area contributed by atoms with Gasteiger partial charge in [0.05, 0.1) is 12.2 Å². The van der Waals surface area contributed by atoms with Crippen molar-refractivity contribution in [3.63, 3.8) is 0 Å². The number of nitrogens with zero attached hydrogens (tertiary/aromatic N) is 1. The maximum atomic E-state index is 13.3. The topological polar surface area (TPSA) is 41.6 Å². The molecule has 1 heterocycles. The number of rotatable bonds is 7. The lowest BCUT2D eigenvalue weighted by Crippen LogP contribution is -2.47. The second-order valence-electron chi connectivity index (χ2n) is 7.63. The highest BCUT2D eigenvalue weighted by Crippen LogP contribution is 2.38. The minimum Gasteiger partial charge on any atom is -0.493 e. The first-order valence-corrected chi connectivity index (χ1v) is 9.92. The van der Waals surface area contributed by atoms with Gasteiger partial charge in [-0.25, -0.2) is 0 Å². The summed E-state index contributed by atoms with van der Waals surface area (Å²) in [5.41, 5.74) is 2.61. The molecule has 1 aliphatic rings.